The van der Waals surface area contributed by atoms with E-state index in [1.54, 1.807) is 36.4 Å². The van der Waals surface area contributed by atoms with Gasteiger partial charge < -0.3 is 20.1 Å². The standard InChI is InChI=1S/C20H20Cl2N2O3S/c1-2-11-26-18-7-4-3-6-16(18)23-20(28)24-19(25)8-5-12-27-17-10-9-14(21)13-15(17)22/h2-4,6-7,9-10,13H,1,5,8,11-12H2,(H2,23,24,25,28). The number of carbonyl (C=O) groups excluding carboxylic acids is 1. The molecular weight excluding hydrogens is 419 g/mol. The molecule has 0 unspecified atom stereocenters. The topological polar surface area (TPSA) is 59.6 Å². The quantitative estimate of drug-likeness (QED) is 0.318. The summed E-state index contributed by atoms with van der Waals surface area (Å²) in [6, 6.07) is 12.3. The van der Waals surface area contributed by atoms with Crippen molar-refractivity contribution in [3.63, 3.8) is 0 Å². The fourth-order valence-corrected chi connectivity index (χ4v) is 2.88. The number of rotatable bonds is 9. The van der Waals surface area contributed by atoms with Crippen LogP contribution in [0.2, 0.25) is 10.0 Å². The largest absolute Gasteiger partial charge is 0.492 e. The first-order valence-electron chi connectivity index (χ1n) is 8.51. The highest BCUT2D eigenvalue weighted by molar-refractivity contribution is 7.80. The van der Waals surface area contributed by atoms with Gasteiger partial charge in [0.05, 0.1) is 17.3 Å². The van der Waals surface area contributed by atoms with Crippen LogP contribution in [0.3, 0.4) is 0 Å². The number of amides is 1. The summed E-state index contributed by atoms with van der Waals surface area (Å²) in [7, 11) is 0. The highest BCUT2D eigenvalue weighted by Crippen LogP contribution is 2.27. The van der Waals surface area contributed by atoms with Crippen molar-refractivity contribution in [2.24, 2.45) is 0 Å². The SMILES string of the molecule is C=CCOc1ccccc1NC(=S)NC(=O)CCCOc1ccc(Cl)cc1Cl. The number of benzene rings is 2. The van der Waals surface area contributed by atoms with Crippen LogP contribution in [0, 0.1) is 0 Å². The molecule has 0 aliphatic rings. The Labute approximate surface area is 179 Å². The van der Waals surface area contributed by atoms with Gasteiger partial charge in [0.1, 0.15) is 18.1 Å². The van der Waals surface area contributed by atoms with Crippen LogP contribution in [-0.4, -0.2) is 24.2 Å². The first kappa shape index (κ1) is 22.0. The normalized spacial score (nSPS) is 10.1. The van der Waals surface area contributed by atoms with Crippen molar-refractivity contribution in [2.45, 2.75) is 12.8 Å². The van der Waals surface area contributed by atoms with Gasteiger partial charge in [0.25, 0.3) is 0 Å². The molecule has 8 heteroatoms. The average molecular weight is 439 g/mol. The van der Waals surface area contributed by atoms with Crippen molar-refractivity contribution in [1.82, 2.24) is 5.32 Å². The Morgan fingerprint density at radius 1 is 1.14 bits per heavy atom. The predicted octanol–water partition coefficient (Wildman–Crippen LogP) is 5.23. The monoisotopic (exact) mass is 438 g/mol. The van der Waals surface area contributed by atoms with Crippen LogP contribution in [0.25, 0.3) is 0 Å². The van der Waals surface area contributed by atoms with E-state index in [9.17, 15) is 4.79 Å². The van der Waals surface area contributed by atoms with Crippen LogP contribution in [0.15, 0.2) is 55.1 Å². The van der Waals surface area contributed by atoms with E-state index in [4.69, 9.17) is 44.9 Å². The molecule has 2 aromatic carbocycles. The first-order chi connectivity index (χ1) is 13.5. The second-order valence-electron chi connectivity index (χ2n) is 5.62. The molecule has 0 aliphatic carbocycles. The molecular formula is C20H20Cl2N2O3S. The maximum atomic E-state index is 12.0. The maximum absolute atomic E-state index is 12.0. The Kier molecular flexibility index (Phi) is 9.07. The first-order valence-corrected chi connectivity index (χ1v) is 9.67. The number of hydrogen-bond donors (Lipinski definition) is 2. The van der Waals surface area contributed by atoms with Crippen LogP contribution in [0.1, 0.15) is 12.8 Å². The fraction of sp³-hybridized carbons (Fsp3) is 0.200. The minimum atomic E-state index is -0.215. The molecule has 0 aromatic heterocycles. The zero-order valence-corrected chi connectivity index (χ0v) is 17.4. The molecule has 0 spiro atoms. The van der Waals surface area contributed by atoms with Gasteiger partial charge in [-0.2, -0.15) is 0 Å². The molecule has 0 radical (unpaired) electrons. The van der Waals surface area contributed by atoms with Crippen molar-refractivity contribution < 1.29 is 14.3 Å². The molecule has 5 nitrogen and oxygen atoms in total. The van der Waals surface area contributed by atoms with Gasteiger partial charge >= 0.3 is 0 Å². The summed E-state index contributed by atoms with van der Waals surface area (Å²) >= 11 is 17.1. The molecule has 1 amide bonds. The van der Waals surface area contributed by atoms with E-state index in [2.05, 4.69) is 17.2 Å². The van der Waals surface area contributed by atoms with E-state index in [1.165, 1.54) is 0 Å². The number of para-hydroxylation sites is 2. The van der Waals surface area contributed by atoms with Crippen molar-refractivity contribution in [3.8, 4) is 11.5 Å². The van der Waals surface area contributed by atoms with Crippen LogP contribution in [0.4, 0.5) is 5.69 Å². The zero-order valence-electron chi connectivity index (χ0n) is 15.0. The summed E-state index contributed by atoms with van der Waals surface area (Å²) < 4.78 is 11.1. The van der Waals surface area contributed by atoms with Gasteiger partial charge in [-0.15, -0.1) is 0 Å². The van der Waals surface area contributed by atoms with Crippen LogP contribution in [0.5, 0.6) is 11.5 Å². The van der Waals surface area contributed by atoms with Crippen molar-refractivity contribution in [2.75, 3.05) is 18.5 Å². The van der Waals surface area contributed by atoms with Crippen molar-refractivity contribution in [1.29, 1.82) is 0 Å². The van der Waals surface area contributed by atoms with E-state index >= 15 is 0 Å². The number of carbonyl (C=O) groups is 1. The van der Waals surface area contributed by atoms with E-state index in [-0.39, 0.29) is 17.4 Å². The molecule has 0 fully saturated rings. The lowest BCUT2D eigenvalue weighted by Gasteiger charge is -2.13. The number of thiocarbonyl (C=S) groups is 1. The van der Waals surface area contributed by atoms with E-state index in [0.717, 1.165) is 0 Å². The Bertz CT molecular complexity index is 846. The van der Waals surface area contributed by atoms with Crippen LogP contribution < -0.4 is 20.1 Å². The molecule has 0 bridgehead atoms. The van der Waals surface area contributed by atoms with E-state index < -0.39 is 0 Å². The highest BCUT2D eigenvalue weighted by Gasteiger charge is 2.09. The van der Waals surface area contributed by atoms with Crippen LogP contribution >= 0.6 is 35.4 Å². The van der Waals surface area contributed by atoms with Crippen molar-refractivity contribution >= 4 is 52.1 Å². The molecule has 0 heterocycles. The number of anilines is 1. The molecule has 2 N–H and O–H groups in total. The Hall–Kier alpha value is -2.28. The summed E-state index contributed by atoms with van der Waals surface area (Å²) in [5.74, 6) is 0.930. The van der Waals surface area contributed by atoms with Gasteiger partial charge in [0.2, 0.25) is 5.91 Å². The van der Waals surface area contributed by atoms with Gasteiger partial charge in [0, 0.05) is 11.4 Å². The Balaban J connectivity index is 1.74. The average Bonchev–Trinajstić information content (AvgIpc) is 2.65. The van der Waals surface area contributed by atoms with Gasteiger partial charge in [-0.05, 0) is 49.0 Å². The smallest absolute Gasteiger partial charge is 0.226 e. The summed E-state index contributed by atoms with van der Waals surface area (Å²) in [5, 5.41) is 6.76. The minimum Gasteiger partial charge on any atom is -0.492 e. The van der Waals surface area contributed by atoms with Gasteiger partial charge in [-0.1, -0.05) is 48.0 Å². The number of nitrogens with one attached hydrogen (secondary N) is 2. The Morgan fingerprint density at radius 2 is 1.93 bits per heavy atom. The lowest BCUT2D eigenvalue weighted by molar-refractivity contribution is -0.119. The lowest BCUT2D eigenvalue weighted by Crippen LogP contribution is -2.34. The number of ether oxygens (including phenoxy) is 2. The highest BCUT2D eigenvalue weighted by atomic mass is 35.5. The minimum absolute atomic E-state index is 0.196. The van der Waals surface area contributed by atoms with Gasteiger partial charge in [-0.3, -0.25) is 4.79 Å². The molecule has 2 aromatic rings. The summed E-state index contributed by atoms with van der Waals surface area (Å²) in [4.78, 5) is 12.0. The fourth-order valence-electron chi connectivity index (χ4n) is 2.19. The third-order valence-corrected chi connectivity index (χ3v) is 4.18. The summed E-state index contributed by atoms with van der Waals surface area (Å²) in [6.45, 7) is 4.33. The molecule has 0 atom stereocenters. The second-order valence-corrected chi connectivity index (χ2v) is 6.88. The van der Waals surface area contributed by atoms with Crippen LogP contribution in [-0.2, 0) is 4.79 Å². The molecule has 0 aliphatic heterocycles. The molecule has 0 saturated carbocycles. The van der Waals surface area contributed by atoms with Gasteiger partial charge in [-0.25, -0.2) is 0 Å². The molecule has 28 heavy (non-hydrogen) atoms. The number of hydrogen-bond acceptors (Lipinski definition) is 4. The number of halogens is 2. The lowest BCUT2D eigenvalue weighted by atomic mass is 10.3. The molecule has 0 saturated heterocycles. The maximum Gasteiger partial charge on any atom is 0.226 e. The van der Waals surface area contributed by atoms with E-state index in [0.29, 0.717) is 46.9 Å². The second kappa shape index (κ2) is 11.5. The zero-order chi connectivity index (χ0) is 20.4. The van der Waals surface area contributed by atoms with Gasteiger partial charge in [0.15, 0.2) is 5.11 Å². The summed E-state index contributed by atoms with van der Waals surface area (Å²) in [6.07, 6.45) is 2.41. The van der Waals surface area contributed by atoms with E-state index in [1.807, 2.05) is 12.1 Å². The van der Waals surface area contributed by atoms with Crippen molar-refractivity contribution in [3.05, 3.63) is 65.2 Å². The third kappa shape index (κ3) is 7.38. The third-order valence-electron chi connectivity index (χ3n) is 3.44. The summed E-state index contributed by atoms with van der Waals surface area (Å²) in [5.41, 5.74) is 0.662. The predicted molar refractivity (Wildman–Crippen MR) is 118 cm³/mol. The Morgan fingerprint density at radius 3 is 2.68 bits per heavy atom. The molecule has 148 valence electrons. The molecule has 2 rings (SSSR count).